The van der Waals surface area contributed by atoms with Crippen LogP contribution in [0.4, 0.5) is 0 Å². The van der Waals surface area contributed by atoms with E-state index in [4.69, 9.17) is 0 Å². The van der Waals surface area contributed by atoms with E-state index in [-0.39, 0.29) is 0 Å². The van der Waals surface area contributed by atoms with Gasteiger partial charge in [-0.2, -0.15) is 0 Å². The molecular formula is C5H8V. The molecule has 0 amide bonds. The van der Waals surface area contributed by atoms with E-state index in [1.807, 2.05) is 11.7 Å². The second-order valence-corrected chi connectivity index (χ2v) is 1.56. The molecule has 0 unspecified atom stereocenters. The molecule has 0 aromatic heterocycles. The molecule has 6 heavy (non-hydrogen) atoms. The predicted molar refractivity (Wildman–Crippen MR) is 25.5 cm³/mol. The van der Waals surface area contributed by atoms with Crippen LogP contribution in [0.1, 0.15) is 13.8 Å². The van der Waals surface area contributed by atoms with Crippen LogP contribution in [0.5, 0.6) is 0 Å². The fraction of sp³-hybridized carbons (Fsp3) is 0.400. The Hall–Kier alpha value is 0.194. The zero-order chi connectivity index (χ0) is 4.99. The van der Waals surface area contributed by atoms with E-state index >= 15 is 0 Å². The first kappa shape index (κ1) is 6.19. The zero-order valence-corrected chi connectivity index (χ0v) is 5.50. The molecule has 0 radical (unpaired) electrons. The van der Waals surface area contributed by atoms with Gasteiger partial charge >= 0.3 is 47.2 Å². The van der Waals surface area contributed by atoms with E-state index in [9.17, 15) is 0 Å². The molecule has 0 nitrogen and oxygen atoms in total. The van der Waals surface area contributed by atoms with Gasteiger partial charge in [0.25, 0.3) is 0 Å². The summed E-state index contributed by atoms with van der Waals surface area (Å²) in [5.41, 5.74) is 1.31. The van der Waals surface area contributed by atoms with Gasteiger partial charge < -0.3 is 0 Å². The molecule has 0 spiro atoms. The molecule has 0 heterocycles. The SMILES string of the molecule is CC=C(C)[CH]=[V]. The summed E-state index contributed by atoms with van der Waals surface area (Å²) in [5.74, 6) is 0. The van der Waals surface area contributed by atoms with Gasteiger partial charge in [0.05, 0.1) is 0 Å². The van der Waals surface area contributed by atoms with E-state index in [0.29, 0.717) is 0 Å². The summed E-state index contributed by atoms with van der Waals surface area (Å²) >= 11 is 2.42. The van der Waals surface area contributed by atoms with Crippen molar-refractivity contribution >= 4 is 4.73 Å². The number of allylic oxidation sites excluding steroid dienone is 2. The van der Waals surface area contributed by atoms with Gasteiger partial charge in [-0.1, -0.05) is 0 Å². The number of hydrogen-bond acceptors (Lipinski definition) is 0. The first-order valence-electron chi connectivity index (χ1n) is 1.91. The number of rotatable bonds is 1. The summed E-state index contributed by atoms with van der Waals surface area (Å²) in [7, 11) is 0. The van der Waals surface area contributed by atoms with Crippen molar-refractivity contribution in [2.45, 2.75) is 13.8 Å². The Labute approximate surface area is 47.7 Å². The van der Waals surface area contributed by atoms with Crippen LogP contribution in [-0.2, 0) is 17.0 Å². The molecule has 1 heteroatoms. The van der Waals surface area contributed by atoms with Gasteiger partial charge in [0.15, 0.2) is 0 Å². The maximum absolute atomic E-state index is 2.42. The summed E-state index contributed by atoms with van der Waals surface area (Å²) in [6.45, 7) is 4.09. The molecule has 0 aliphatic rings. The Bertz CT molecular complexity index is 72.0. The molecule has 0 saturated carbocycles. The van der Waals surface area contributed by atoms with Gasteiger partial charge in [-0.05, 0) is 0 Å². The summed E-state index contributed by atoms with van der Waals surface area (Å²) in [5, 5.41) is 0. The Kier molecular flexibility index (Phi) is 3.50. The van der Waals surface area contributed by atoms with Gasteiger partial charge in [0, 0.05) is 0 Å². The maximum atomic E-state index is 2.42. The summed E-state index contributed by atoms with van der Waals surface area (Å²) in [6.07, 6.45) is 2.07. The van der Waals surface area contributed by atoms with E-state index in [1.165, 1.54) is 5.57 Å². The van der Waals surface area contributed by atoms with Crippen molar-refractivity contribution < 1.29 is 17.0 Å². The quantitative estimate of drug-likeness (QED) is 0.488. The first-order valence-corrected chi connectivity index (χ1v) is 2.72. The van der Waals surface area contributed by atoms with Crippen LogP contribution >= 0.6 is 0 Å². The van der Waals surface area contributed by atoms with Crippen molar-refractivity contribution in [2.24, 2.45) is 0 Å². The van der Waals surface area contributed by atoms with E-state index in [1.54, 1.807) is 0 Å². The van der Waals surface area contributed by atoms with Crippen LogP contribution in [0.15, 0.2) is 11.6 Å². The van der Waals surface area contributed by atoms with Gasteiger partial charge in [-0.15, -0.1) is 0 Å². The van der Waals surface area contributed by atoms with E-state index in [0.717, 1.165) is 0 Å². The second-order valence-electron chi connectivity index (χ2n) is 1.16. The molecule has 0 saturated heterocycles. The average Bonchev–Trinajstić information content (AvgIpc) is 1.65. The minimum absolute atomic E-state index is 1.31. The van der Waals surface area contributed by atoms with Gasteiger partial charge in [0.1, 0.15) is 0 Å². The number of hydrogen-bond donors (Lipinski definition) is 0. The summed E-state index contributed by atoms with van der Waals surface area (Å²) < 4.78 is 2.02. The fourth-order valence-electron chi connectivity index (χ4n) is 0.0745. The van der Waals surface area contributed by atoms with Crippen molar-refractivity contribution in [3.63, 3.8) is 0 Å². The second kappa shape index (κ2) is 3.39. The molecular weight excluding hydrogens is 111 g/mol. The van der Waals surface area contributed by atoms with Crippen LogP contribution in [0.2, 0.25) is 0 Å². The molecule has 0 aromatic rings. The van der Waals surface area contributed by atoms with Gasteiger partial charge in [-0.25, -0.2) is 0 Å². The van der Waals surface area contributed by atoms with Crippen LogP contribution < -0.4 is 0 Å². The van der Waals surface area contributed by atoms with E-state index in [2.05, 4.69) is 30.0 Å². The molecule has 0 atom stereocenters. The van der Waals surface area contributed by atoms with Gasteiger partial charge in [-0.3, -0.25) is 0 Å². The molecule has 33 valence electrons. The Morgan fingerprint density at radius 3 is 2.17 bits per heavy atom. The third-order valence-corrected chi connectivity index (χ3v) is 1.29. The van der Waals surface area contributed by atoms with Crippen molar-refractivity contribution in [1.29, 1.82) is 0 Å². The fourth-order valence-corrected chi connectivity index (χ4v) is 0.307. The average molecular weight is 119 g/mol. The summed E-state index contributed by atoms with van der Waals surface area (Å²) in [4.78, 5) is 0. The van der Waals surface area contributed by atoms with Crippen LogP contribution in [0.3, 0.4) is 0 Å². The normalized spacial score (nSPS) is 11.2. The molecule has 0 rings (SSSR count). The molecule has 0 aliphatic heterocycles. The molecule has 0 aromatic carbocycles. The topological polar surface area (TPSA) is 0 Å². The van der Waals surface area contributed by atoms with Gasteiger partial charge in [0.2, 0.25) is 0 Å². The third kappa shape index (κ3) is 2.43. The monoisotopic (exact) mass is 119 g/mol. The standard InChI is InChI=1S/C5H8.V/c1-4-5(2)3;/h2,4H,1,3H3;. The van der Waals surface area contributed by atoms with Crippen molar-refractivity contribution in [1.82, 2.24) is 0 Å². The van der Waals surface area contributed by atoms with Crippen molar-refractivity contribution in [2.75, 3.05) is 0 Å². The molecule has 0 aliphatic carbocycles. The van der Waals surface area contributed by atoms with Crippen LogP contribution in [-0.4, -0.2) is 4.73 Å². The van der Waals surface area contributed by atoms with Crippen LogP contribution in [0, 0.1) is 0 Å². The summed E-state index contributed by atoms with van der Waals surface area (Å²) in [6, 6.07) is 0. The zero-order valence-electron chi connectivity index (χ0n) is 4.10. The Morgan fingerprint density at radius 2 is 2.17 bits per heavy atom. The molecule has 0 bridgehead atoms. The van der Waals surface area contributed by atoms with Crippen molar-refractivity contribution in [3.05, 3.63) is 11.6 Å². The third-order valence-electron chi connectivity index (χ3n) is 0.659. The first-order chi connectivity index (χ1) is 2.81. The molecule has 0 fully saturated rings. The Morgan fingerprint density at radius 1 is 1.67 bits per heavy atom. The van der Waals surface area contributed by atoms with E-state index < -0.39 is 0 Å². The molecule has 0 N–H and O–H groups in total. The van der Waals surface area contributed by atoms with Crippen molar-refractivity contribution in [3.8, 4) is 0 Å². The van der Waals surface area contributed by atoms with Crippen LogP contribution in [0.25, 0.3) is 0 Å². The minimum atomic E-state index is 1.31. The Balaban J connectivity index is 3.50. The predicted octanol–water partition coefficient (Wildman–Crippen LogP) is 1.30.